The SMILES string of the molecule is Cc1ccc(C2=CC=CC(/C=C/C(=O)c3ccccc3)(c3ccc(O)cc3)C2)cc1. The number of hydrogen-bond acceptors (Lipinski definition) is 2. The molecule has 0 saturated heterocycles. The summed E-state index contributed by atoms with van der Waals surface area (Å²) in [5.74, 6) is 0.209. The van der Waals surface area contributed by atoms with Gasteiger partial charge in [-0.3, -0.25) is 4.79 Å². The molecule has 0 aromatic heterocycles. The molecule has 3 aromatic rings. The van der Waals surface area contributed by atoms with E-state index in [-0.39, 0.29) is 11.5 Å². The summed E-state index contributed by atoms with van der Waals surface area (Å²) in [6.07, 6.45) is 10.7. The molecule has 3 aromatic carbocycles. The predicted molar refractivity (Wildman–Crippen MR) is 123 cm³/mol. The summed E-state index contributed by atoms with van der Waals surface area (Å²) in [6, 6.07) is 25.1. The highest BCUT2D eigenvalue weighted by molar-refractivity contribution is 6.04. The van der Waals surface area contributed by atoms with Crippen LogP contribution in [0.2, 0.25) is 0 Å². The van der Waals surface area contributed by atoms with Crippen LogP contribution in [0.5, 0.6) is 5.75 Å². The van der Waals surface area contributed by atoms with Crippen molar-refractivity contribution in [3.8, 4) is 5.75 Å². The van der Waals surface area contributed by atoms with Crippen molar-refractivity contribution in [1.29, 1.82) is 0 Å². The molecule has 0 aliphatic heterocycles. The molecule has 1 atom stereocenters. The van der Waals surface area contributed by atoms with Crippen LogP contribution >= 0.6 is 0 Å². The fourth-order valence-corrected chi connectivity index (χ4v) is 3.84. The minimum Gasteiger partial charge on any atom is -0.508 e. The van der Waals surface area contributed by atoms with Gasteiger partial charge in [0.25, 0.3) is 0 Å². The van der Waals surface area contributed by atoms with E-state index in [9.17, 15) is 9.90 Å². The maximum atomic E-state index is 12.7. The third kappa shape index (κ3) is 4.18. The van der Waals surface area contributed by atoms with Gasteiger partial charge in [0.2, 0.25) is 0 Å². The molecular weight excluding hydrogens is 368 g/mol. The fraction of sp³-hybridized carbons (Fsp3) is 0.107. The molecule has 0 saturated carbocycles. The molecule has 1 N–H and O–H groups in total. The Morgan fingerprint density at radius 1 is 0.933 bits per heavy atom. The quantitative estimate of drug-likeness (QED) is 0.402. The van der Waals surface area contributed by atoms with Gasteiger partial charge in [0.15, 0.2) is 5.78 Å². The van der Waals surface area contributed by atoms with Crippen LogP contribution in [0.15, 0.2) is 109 Å². The Balaban J connectivity index is 1.72. The topological polar surface area (TPSA) is 37.3 Å². The Morgan fingerprint density at radius 3 is 2.33 bits per heavy atom. The number of hydrogen-bond donors (Lipinski definition) is 1. The second-order valence-corrected chi connectivity index (χ2v) is 7.74. The number of aryl methyl sites for hydroxylation is 1. The maximum absolute atomic E-state index is 12.7. The fourth-order valence-electron chi connectivity index (χ4n) is 3.84. The van der Waals surface area contributed by atoms with Crippen molar-refractivity contribution in [1.82, 2.24) is 0 Å². The summed E-state index contributed by atoms with van der Waals surface area (Å²) < 4.78 is 0. The highest BCUT2D eigenvalue weighted by atomic mass is 16.3. The van der Waals surface area contributed by atoms with Crippen molar-refractivity contribution in [2.45, 2.75) is 18.8 Å². The van der Waals surface area contributed by atoms with Gasteiger partial charge in [0, 0.05) is 11.0 Å². The smallest absolute Gasteiger partial charge is 0.185 e. The average molecular weight is 392 g/mol. The molecule has 0 fully saturated rings. The lowest BCUT2D eigenvalue weighted by Gasteiger charge is -2.32. The van der Waals surface area contributed by atoms with E-state index in [1.54, 1.807) is 18.2 Å². The van der Waals surface area contributed by atoms with Crippen LogP contribution in [0, 0.1) is 6.92 Å². The van der Waals surface area contributed by atoms with E-state index in [1.165, 1.54) is 16.7 Å². The van der Waals surface area contributed by atoms with Crippen molar-refractivity contribution >= 4 is 11.4 Å². The largest absolute Gasteiger partial charge is 0.508 e. The molecule has 4 rings (SSSR count). The van der Waals surface area contributed by atoms with Gasteiger partial charge in [-0.1, -0.05) is 96.6 Å². The van der Waals surface area contributed by atoms with Gasteiger partial charge in [-0.2, -0.15) is 0 Å². The second-order valence-electron chi connectivity index (χ2n) is 7.74. The lowest BCUT2D eigenvalue weighted by molar-refractivity contribution is 0.104. The Bertz CT molecular complexity index is 1120. The standard InChI is InChI=1S/C28H24O2/c1-21-9-11-22(12-10-21)24-8-5-18-28(20-24,25-13-15-26(29)16-14-25)19-17-27(30)23-6-3-2-4-7-23/h2-19,29H,20H2,1H3/b19-17+. The third-order valence-electron chi connectivity index (χ3n) is 5.59. The number of phenolic OH excluding ortho intramolecular Hbond substituents is 1. The summed E-state index contributed by atoms with van der Waals surface area (Å²) in [5, 5.41) is 9.76. The van der Waals surface area contributed by atoms with Crippen LogP contribution in [-0.4, -0.2) is 10.9 Å². The molecule has 0 heterocycles. The molecule has 1 aliphatic carbocycles. The minimum absolute atomic E-state index is 0.0198. The van der Waals surface area contributed by atoms with E-state index in [4.69, 9.17) is 0 Å². The molecule has 1 unspecified atom stereocenters. The van der Waals surface area contributed by atoms with Crippen LogP contribution in [0.4, 0.5) is 0 Å². The average Bonchev–Trinajstić information content (AvgIpc) is 2.79. The van der Waals surface area contributed by atoms with Crippen LogP contribution in [0.25, 0.3) is 5.57 Å². The first-order chi connectivity index (χ1) is 14.6. The van der Waals surface area contributed by atoms with Crippen LogP contribution < -0.4 is 0 Å². The van der Waals surface area contributed by atoms with Gasteiger partial charge in [0.1, 0.15) is 5.75 Å². The normalized spacial score (nSPS) is 18.4. The van der Waals surface area contributed by atoms with Crippen molar-refractivity contribution in [3.63, 3.8) is 0 Å². The number of ketones is 1. The Labute approximate surface area is 177 Å². The number of carbonyl (C=O) groups excluding carboxylic acids is 1. The van der Waals surface area contributed by atoms with Crippen LogP contribution in [-0.2, 0) is 5.41 Å². The zero-order valence-corrected chi connectivity index (χ0v) is 17.0. The highest BCUT2D eigenvalue weighted by Gasteiger charge is 2.30. The third-order valence-corrected chi connectivity index (χ3v) is 5.59. The predicted octanol–water partition coefficient (Wildman–Crippen LogP) is 6.42. The van der Waals surface area contributed by atoms with E-state index >= 15 is 0 Å². The number of benzene rings is 3. The van der Waals surface area contributed by atoms with Crippen LogP contribution in [0.1, 0.15) is 33.5 Å². The summed E-state index contributed by atoms with van der Waals surface area (Å²) in [4.78, 5) is 12.7. The Hall–Kier alpha value is -3.65. The molecule has 148 valence electrons. The number of carbonyl (C=O) groups is 1. The van der Waals surface area contributed by atoms with Crippen molar-refractivity contribution < 1.29 is 9.90 Å². The summed E-state index contributed by atoms with van der Waals surface area (Å²) in [6.45, 7) is 2.08. The lowest BCUT2D eigenvalue weighted by Crippen LogP contribution is -2.23. The van der Waals surface area contributed by atoms with E-state index in [0.29, 0.717) is 5.56 Å². The summed E-state index contributed by atoms with van der Waals surface area (Å²) in [5.41, 5.74) is 4.85. The second kappa shape index (κ2) is 8.38. The van der Waals surface area contributed by atoms with Gasteiger partial charge in [-0.05, 0) is 48.3 Å². The molecule has 2 heteroatoms. The Morgan fingerprint density at radius 2 is 1.63 bits per heavy atom. The van der Waals surface area contributed by atoms with Crippen molar-refractivity contribution in [2.24, 2.45) is 0 Å². The molecule has 1 aliphatic rings. The molecule has 0 spiro atoms. The van der Waals surface area contributed by atoms with Crippen molar-refractivity contribution in [2.75, 3.05) is 0 Å². The van der Waals surface area contributed by atoms with Crippen molar-refractivity contribution in [3.05, 3.63) is 131 Å². The molecular formula is C28H24O2. The minimum atomic E-state index is -0.465. The molecule has 0 bridgehead atoms. The van der Waals surface area contributed by atoms with Gasteiger partial charge >= 0.3 is 0 Å². The first-order valence-electron chi connectivity index (χ1n) is 10.1. The molecule has 0 radical (unpaired) electrons. The number of rotatable bonds is 5. The van der Waals surface area contributed by atoms with E-state index in [2.05, 4.69) is 49.4 Å². The molecule has 2 nitrogen and oxygen atoms in total. The summed E-state index contributed by atoms with van der Waals surface area (Å²) >= 11 is 0. The van der Waals surface area contributed by atoms with Gasteiger partial charge in [0.05, 0.1) is 0 Å². The zero-order valence-electron chi connectivity index (χ0n) is 17.0. The molecule has 30 heavy (non-hydrogen) atoms. The first kappa shape index (κ1) is 19.7. The zero-order chi connectivity index (χ0) is 21.0. The monoisotopic (exact) mass is 392 g/mol. The first-order valence-corrected chi connectivity index (χ1v) is 10.1. The summed E-state index contributed by atoms with van der Waals surface area (Å²) in [7, 11) is 0. The van der Waals surface area contributed by atoms with Crippen LogP contribution in [0.3, 0.4) is 0 Å². The van der Waals surface area contributed by atoms with E-state index < -0.39 is 5.41 Å². The number of allylic oxidation sites excluding steroid dienone is 6. The Kier molecular flexibility index (Phi) is 5.49. The number of aromatic hydroxyl groups is 1. The molecule has 0 amide bonds. The highest BCUT2D eigenvalue weighted by Crippen LogP contribution is 2.41. The number of phenols is 1. The van der Waals surface area contributed by atoms with Gasteiger partial charge < -0.3 is 5.11 Å². The van der Waals surface area contributed by atoms with Gasteiger partial charge in [-0.25, -0.2) is 0 Å². The van der Waals surface area contributed by atoms with Gasteiger partial charge in [-0.15, -0.1) is 0 Å². The van der Waals surface area contributed by atoms with E-state index in [0.717, 1.165) is 12.0 Å². The van der Waals surface area contributed by atoms with E-state index in [1.807, 2.05) is 48.5 Å². The maximum Gasteiger partial charge on any atom is 0.185 e. The lowest BCUT2D eigenvalue weighted by atomic mass is 9.71.